The van der Waals surface area contributed by atoms with Gasteiger partial charge in [0.15, 0.2) is 0 Å². The van der Waals surface area contributed by atoms with Crippen LogP contribution in [-0.2, 0) is 0 Å². The van der Waals surface area contributed by atoms with E-state index in [9.17, 15) is 0 Å². The van der Waals surface area contributed by atoms with Crippen LogP contribution in [0.3, 0.4) is 0 Å². The average molecular weight is 251 g/mol. The summed E-state index contributed by atoms with van der Waals surface area (Å²) in [5.41, 5.74) is 1.13. The van der Waals surface area contributed by atoms with Crippen molar-refractivity contribution >= 4 is 38.8 Å². The number of hydrogen-bond donors (Lipinski definition) is 1. The van der Waals surface area contributed by atoms with Crippen LogP contribution in [0.15, 0.2) is 54.6 Å². The number of rotatable bonds is 1. The standard InChI is InChI=1S/C16H13NS/c1-17-16(18)15-13-8-4-2-6-11(13)10-12-7-3-5-9-14(12)15/h2-10H,1H3,(H,17,18). The molecule has 0 radical (unpaired) electrons. The van der Waals surface area contributed by atoms with Crippen LogP contribution >= 0.6 is 12.2 Å². The van der Waals surface area contributed by atoms with E-state index in [0.29, 0.717) is 0 Å². The van der Waals surface area contributed by atoms with Crippen LogP contribution in [0.5, 0.6) is 0 Å². The van der Waals surface area contributed by atoms with Crippen molar-refractivity contribution in [2.75, 3.05) is 7.05 Å². The number of fused-ring (bicyclic) bond motifs is 2. The Morgan fingerprint density at radius 1 is 0.889 bits per heavy atom. The van der Waals surface area contributed by atoms with Crippen molar-refractivity contribution in [3.63, 3.8) is 0 Å². The highest BCUT2D eigenvalue weighted by atomic mass is 32.1. The molecule has 3 rings (SSSR count). The molecule has 0 fully saturated rings. The highest BCUT2D eigenvalue weighted by Crippen LogP contribution is 2.28. The van der Waals surface area contributed by atoms with Gasteiger partial charge in [0.05, 0.1) is 0 Å². The molecule has 3 aromatic rings. The molecule has 2 heteroatoms. The summed E-state index contributed by atoms with van der Waals surface area (Å²) in [6.45, 7) is 0. The zero-order chi connectivity index (χ0) is 12.5. The lowest BCUT2D eigenvalue weighted by Gasteiger charge is -2.12. The first-order valence-electron chi connectivity index (χ1n) is 5.94. The Bertz CT molecular complexity index is 692. The van der Waals surface area contributed by atoms with Crippen LogP contribution in [0.1, 0.15) is 5.56 Å². The van der Waals surface area contributed by atoms with E-state index in [2.05, 4.69) is 59.9 Å². The van der Waals surface area contributed by atoms with E-state index in [4.69, 9.17) is 12.2 Å². The van der Waals surface area contributed by atoms with E-state index in [0.717, 1.165) is 10.6 Å². The van der Waals surface area contributed by atoms with Crippen LogP contribution < -0.4 is 5.32 Å². The van der Waals surface area contributed by atoms with Crippen molar-refractivity contribution in [3.05, 3.63) is 60.2 Å². The second-order valence-electron chi connectivity index (χ2n) is 4.27. The summed E-state index contributed by atoms with van der Waals surface area (Å²) in [6.07, 6.45) is 0. The summed E-state index contributed by atoms with van der Waals surface area (Å²) in [7, 11) is 1.87. The molecule has 0 saturated carbocycles. The first-order chi connectivity index (χ1) is 8.81. The molecule has 0 spiro atoms. The van der Waals surface area contributed by atoms with Gasteiger partial charge in [-0.1, -0.05) is 60.7 Å². The molecule has 0 aliphatic carbocycles. The molecule has 0 aliphatic rings. The van der Waals surface area contributed by atoms with Gasteiger partial charge in [-0.15, -0.1) is 0 Å². The van der Waals surface area contributed by atoms with Crippen LogP contribution in [0.25, 0.3) is 21.5 Å². The third-order valence-electron chi connectivity index (χ3n) is 3.23. The fourth-order valence-corrected chi connectivity index (χ4v) is 2.60. The molecular weight excluding hydrogens is 238 g/mol. The summed E-state index contributed by atoms with van der Waals surface area (Å²) in [4.78, 5) is 0.794. The Morgan fingerprint density at radius 2 is 1.39 bits per heavy atom. The van der Waals surface area contributed by atoms with Gasteiger partial charge in [0.1, 0.15) is 4.99 Å². The van der Waals surface area contributed by atoms with Crippen molar-refractivity contribution in [2.24, 2.45) is 0 Å². The second kappa shape index (κ2) is 4.39. The number of benzene rings is 3. The van der Waals surface area contributed by atoms with E-state index in [1.165, 1.54) is 21.5 Å². The summed E-state index contributed by atoms with van der Waals surface area (Å²) < 4.78 is 0. The molecular formula is C16H13NS. The Labute approximate surface area is 111 Å². The fourth-order valence-electron chi connectivity index (χ4n) is 2.38. The highest BCUT2D eigenvalue weighted by Gasteiger charge is 2.10. The SMILES string of the molecule is CNC(=S)c1c2ccccc2cc2ccccc12. The average Bonchev–Trinajstić information content (AvgIpc) is 2.44. The summed E-state index contributed by atoms with van der Waals surface area (Å²) in [5.74, 6) is 0. The lowest BCUT2D eigenvalue weighted by Crippen LogP contribution is -2.17. The van der Waals surface area contributed by atoms with Gasteiger partial charge < -0.3 is 5.32 Å². The first kappa shape index (κ1) is 11.2. The predicted molar refractivity (Wildman–Crippen MR) is 82.2 cm³/mol. The Morgan fingerprint density at radius 3 is 1.89 bits per heavy atom. The number of hydrogen-bond acceptors (Lipinski definition) is 1. The van der Waals surface area contributed by atoms with Crippen molar-refractivity contribution in [1.29, 1.82) is 0 Å². The fraction of sp³-hybridized carbons (Fsp3) is 0.0625. The van der Waals surface area contributed by atoms with Crippen molar-refractivity contribution in [3.8, 4) is 0 Å². The molecule has 0 unspecified atom stereocenters. The largest absolute Gasteiger partial charge is 0.379 e. The molecule has 0 amide bonds. The third-order valence-corrected chi connectivity index (χ3v) is 3.63. The monoisotopic (exact) mass is 251 g/mol. The number of thiocarbonyl (C=S) groups is 1. The van der Waals surface area contributed by atoms with E-state index in [1.807, 2.05) is 7.05 Å². The molecule has 0 heterocycles. The lowest BCUT2D eigenvalue weighted by molar-refractivity contribution is 1.21. The Balaban J connectivity index is 2.53. The van der Waals surface area contributed by atoms with Crippen LogP contribution in [0.4, 0.5) is 0 Å². The van der Waals surface area contributed by atoms with Crippen molar-refractivity contribution in [2.45, 2.75) is 0 Å². The summed E-state index contributed by atoms with van der Waals surface area (Å²) >= 11 is 5.47. The second-order valence-corrected chi connectivity index (χ2v) is 4.68. The smallest absolute Gasteiger partial charge is 0.107 e. The Hall–Kier alpha value is -1.93. The van der Waals surface area contributed by atoms with Gasteiger partial charge in [-0.2, -0.15) is 0 Å². The van der Waals surface area contributed by atoms with E-state index in [-0.39, 0.29) is 0 Å². The van der Waals surface area contributed by atoms with Crippen LogP contribution in [0, 0.1) is 0 Å². The molecule has 0 bridgehead atoms. The van der Waals surface area contributed by atoms with Gasteiger partial charge in [0.2, 0.25) is 0 Å². The summed E-state index contributed by atoms with van der Waals surface area (Å²) in [5, 5.41) is 7.96. The minimum Gasteiger partial charge on any atom is -0.379 e. The highest BCUT2D eigenvalue weighted by molar-refractivity contribution is 7.80. The van der Waals surface area contributed by atoms with E-state index >= 15 is 0 Å². The van der Waals surface area contributed by atoms with Gasteiger partial charge in [-0.05, 0) is 27.6 Å². The van der Waals surface area contributed by atoms with E-state index in [1.54, 1.807) is 0 Å². The zero-order valence-corrected chi connectivity index (χ0v) is 10.9. The molecule has 3 aromatic carbocycles. The maximum atomic E-state index is 5.47. The zero-order valence-electron chi connectivity index (χ0n) is 10.1. The van der Waals surface area contributed by atoms with Gasteiger partial charge in [-0.25, -0.2) is 0 Å². The van der Waals surface area contributed by atoms with Gasteiger partial charge in [0.25, 0.3) is 0 Å². The maximum Gasteiger partial charge on any atom is 0.107 e. The molecule has 0 aromatic heterocycles. The normalized spacial score (nSPS) is 10.7. The Kier molecular flexibility index (Phi) is 2.73. The van der Waals surface area contributed by atoms with Crippen LogP contribution in [0.2, 0.25) is 0 Å². The number of nitrogens with one attached hydrogen (secondary N) is 1. The molecule has 0 saturated heterocycles. The molecule has 88 valence electrons. The predicted octanol–water partition coefficient (Wildman–Crippen LogP) is 3.89. The minimum absolute atomic E-state index is 0.794. The third kappa shape index (κ3) is 1.66. The van der Waals surface area contributed by atoms with Gasteiger partial charge in [0, 0.05) is 12.6 Å². The topological polar surface area (TPSA) is 12.0 Å². The van der Waals surface area contributed by atoms with Crippen molar-refractivity contribution < 1.29 is 0 Å². The molecule has 0 aliphatic heterocycles. The maximum absolute atomic E-state index is 5.47. The first-order valence-corrected chi connectivity index (χ1v) is 6.34. The lowest BCUT2D eigenvalue weighted by atomic mass is 9.97. The molecule has 1 N–H and O–H groups in total. The molecule has 18 heavy (non-hydrogen) atoms. The van der Waals surface area contributed by atoms with E-state index < -0.39 is 0 Å². The minimum atomic E-state index is 0.794. The van der Waals surface area contributed by atoms with Gasteiger partial charge in [-0.3, -0.25) is 0 Å². The quantitative estimate of drug-likeness (QED) is 0.520. The van der Waals surface area contributed by atoms with Crippen LogP contribution in [-0.4, -0.2) is 12.0 Å². The molecule has 0 atom stereocenters. The van der Waals surface area contributed by atoms with Gasteiger partial charge >= 0.3 is 0 Å². The van der Waals surface area contributed by atoms with Crippen molar-refractivity contribution in [1.82, 2.24) is 5.32 Å². The summed E-state index contributed by atoms with van der Waals surface area (Å²) in [6, 6.07) is 18.9. The molecule has 1 nitrogen and oxygen atoms in total.